The van der Waals surface area contributed by atoms with Gasteiger partial charge in [0.25, 0.3) is 0 Å². The molecule has 2 aromatic carbocycles. The molecule has 0 aliphatic rings. The van der Waals surface area contributed by atoms with Gasteiger partial charge < -0.3 is 19.7 Å². The Morgan fingerprint density at radius 2 is 1.81 bits per heavy atom. The number of carbonyl (C=O) groups is 1. The molecule has 1 N–H and O–H groups in total. The number of ether oxygens (including phenoxy) is 2. The topological polar surface area (TPSA) is 50.8 Å². The number of hydrogen-bond acceptors (Lipinski definition) is 4. The fraction of sp³-hybridized carbons (Fsp3) is 0.409. The Hall–Kier alpha value is -2.45. The maximum Gasteiger partial charge on any atom is 0.417 e. The van der Waals surface area contributed by atoms with Crippen LogP contribution in [-0.4, -0.2) is 44.7 Å². The van der Waals surface area contributed by atoms with Crippen LogP contribution >= 0.6 is 11.6 Å². The lowest BCUT2D eigenvalue weighted by atomic mass is 10.1. The van der Waals surface area contributed by atoms with Crippen LogP contribution in [0, 0.1) is 0 Å². The summed E-state index contributed by atoms with van der Waals surface area (Å²) in [6.45, 7) is 3.32. The molecular weight excluding hydrogens is 433 g/mol. The largest absolute Gasteiger partial charge is 0.493 e. The molecule has 0 saturated heterocycles. The van der Waals surface area contributed by atoms with Crippen molar-refractivity contribution in [3.8, 4) is 11.5 Å². The maximum atomic E-state index is 13.0. The second-order valence-electron chi connectivity index (χ2n) is 7.08. The molecule has 2 aromatic rings. The third-order valence-corrected chi connectivity index (χ3v) is 4.68. The fourth-order valence-electron chi connectivity index (χ4n) is 2.81. The fourth-order valence-corrected chi connectivity index (χ4v) is 3.03. The molecule has 0 atom stereocenters. The lowest BCUT2D eigenvalue weighted by molar-refractivity contribution is -0.137. The number of carbonyl (C=O) groups excluding carboxylic acids is 1. The number of hydrogen-bond donors (Lipinski definition) is 1. The molecule has 0 radical (unpaired) electrons. The summed E-state index contributed by atoms with van der Waals surface area (Å²) in [6.07, 6.45) is -4.60. The van der Waals surface area contributed by atoms with Gasteiger partial charge in [-0.3, -0.25) is 4.79 Å². The van der Waals surface area contributed by atoms with E-state index in [1.54, 1.807) is 18.2 Å². The summed E-state index contributed by atoms with van der Waals surface area (Å²) in [5.74, 6) is 0.702. The minimum Gasteiger partial charge on any atom is -0.493 e. The predicted octanol–water partition coefficient (Wildman–Crippen LogP) is 4.56. The van der Waals surface area contributed by atoms with E-state index in [1.165, 1.54) is 12.1 Å². The van der Waals surface area contributed by atoms with Crippen LogP contribution in [0.15, 0.2) is 36.4 Å². The van der Waals surface area contributed by atoms with Gasteiger partial charge in [-0.05, 0) is 50.8 Å². The van der Waals surface area contributed by atoms with Gasteiger partial charge in [0.1, 0.15) is 18.1 Å². The molecule has 5 nitrogen and oxygen atoms in total. The third kappa shape index (κ3) is 7.63. The van der Waals surface area contributed by atoms with Gasteiger partial charge in [0, 0.05) is 18.7 Å². The van der Waals surface area contributed by atoms with Crippen molar-refractivity contribution in [1.82, 2.24) is 10.2 Å². The highest BCUT2D eigenvalue weighted by molar-refractivity contribution is 6.31. The van der Waals surface area contributed by atoms with Crippen molar-refractivity contribution in [2.45, 2.75) is 26.1 Å². The first-order chi connectivity index (χ1) is 14.6. The highest BCUT2D eigenvalue weighted by Gasteiger charge is 2.33. The molecule has 0 bridgehead atoms. The van der Waals surface area contributed by atoms with Crippen molar-refractivity contribution < 1.29 is 27.4 Å². The van der Waals surface area contributed by atoms with E-state index in [-0.39, 0.29) is 23.9 Å². The van der Waals surface area contributed by atoms with Gasteiger partial charge in [-0.2, -0.15) is 13.2 Å². The Morgan fingerprint density at radius 1 is 1.13 bits per heavy atom. The van der Waals surface area contributed by atoms with Crippen LogP contribution in [-0.2, 0) is 23.9 Å². The first kappa shape index (κ1) is 24.8. The number of halogens is 4. The average molecular weight is 459 g/mol. The van der Waals surface area contributed by atoms with Crippen molar-refractivity contribution in [2.24, 2.45) is 0 Å². The van der Waals surface area contributed by atoms with Gasteiger partial charge in [-0.1, -0.05) is 23.7 Å². The smallest absolute Gasteiger partial charge is 0.417 e. The molecule has 2 rings (SSSR count). The second kappa shape index (κ2) is 11.2. The minimum absolute atomic E-state index is 0.0345. The summed E-state index contributed by atoms with van der Waals surface area (Å²) in [5, 5.41) is 2.27. The Morgan fingerprint density at radius 3 is 2.42 bits per heavy atom. The van der Waals surface area contributed by atoms with Crippen molar-refractivity contribution >= 4 is 17.5 Å². The molecule has 0 unspecified atom stereocenters. The Labute approximate surface area is 185 Å². The summed E-state index contributed by atoms with van der Waals surface area (Å²) in [4.78, 5) is 14.5. The van der Waals surface area contributed by atoms with E-state index in [0.29, 0.717) is 42.4 Å². The lowest BCUT2D eigenvalue weighted by Gasteiger charge is -2.17. The SMILES string of the molecule is CCOc1cccc(OCCN(C)C)c1CC(=O)NCc1ccc(Cl)c(C(F)(F)F)c1. The molecule has 9 heteroatoms. The summed E-state index contributed by atoms with van der Waals surface area (Å²) < 4.78 is 50.5. The highest BCUT2D eigenvalue weighted by atomic mass is 35.5. The number of benzene rings is 2. The molecule has 0 aliphatic carbocycles. The van der Waals surface area contributed by atoms with E-state index in [0.717, 1.165) is 6.07 Å². The van der Waals surface area contributed by atoms with Crippen LogP contribution < -0.4 is 14.8 Å². The van der Waals surface area contributed by atoms with Crippen molar-refractivity contribution in [3.05, 3.63) is 58.1 Å². The number of amides is 1. The standard InChI is InChI=1S/C22H26ClF3N2O3/c1-4-30-19-6-5-7-20(31-11-10-28(2)3)16(19)13-21(29)27-14-15-8-9-18(23)17(12-15)22(24,25)26/h5-9,12H,4,10-11,13-14H2,1-3H3,(H,27,29). The number of rotatable bonds is 10. The van der Waals surface area contributed by atoms with Crippen LogP contribution in [0.25, 0.3) is 0 Å². The molecule has 0 aromatic heterocycles. The van der Waals surface area contributed by atoms with Crippen molar-refractivity contribution in [3.63, 3.8) is 0 Å². The first-order valence-corrected chi connectivity index (χ1v) is 10.1. The molecule has 0 fully saturated rings. The van der Waals surface area contributed by atoms with Crippen LogP contribution in [0.1, 0.15) is 23.6 Å². The minimum atomic E-state index is -4.56. The molecule has 0 spiro atoms. The van der Waals surface area contributed by atoms with Gasteiger partial charge in [0.2, 0.25) is 5.91 Å². The van der Waals surface area contributed by atoms with Gasteiger partial charge in [-0.25, -0.2) is 0 Å². The molecule has 0 saturated carbocycles. The van der Waals surface area contributed by atoms with Gasteiger partial charge in [-0.15, -0.1) is 0 Å². The lowest BCUT2D eigenvalue weighted by Crippen LogP contribution is -2.25. The summed E-state index contributed by atoms with van der Waals surface area (Å²) in [6, 6.07) is 8.85. The molecule has 31 heavy (non-hydrogen) atoms. The zero-order valence-corrected chi connectivity index (χ0v) is 18.4. The Balaban J connectivity index is 2.10. The number of likely N-dealkylation sites (N-methyl/N-ethyl adjacent to an activating group) is 1. The van der Waals surface area contributed by atoms with Crippen molar-refractivity contribution in [2.75, 3.05) is 33.9 Å². The van der Waals surface area contributed by atoms with E-state index in [4.69, 9.17) is 21.1 Å². The van der Waals surface area contributed by atoms with Crippen LogP contribution in [0.5, 0.6) is 11.5 Å². The normalized spacial score (nSPS) is 11.5. The van der Waals surface area contributed by atoms with E-state index in [2.05, 4.69) is 5.32 Å². The molecule has 170 valence electrons. The number of nitrogens with zero attached hydrogens (tertiary/aromatic N) is 1. The molecule has 0 aliphatic heterocycles. The highest BCUT2D eigenvalue weighted by Crippen LogP contribution is 2.35. The Bertz CT molecular complexity index is 889. The summed E-state index contributed by atoms with van der Waals surface area (Å²) >= 11 is 5.64. The average Bonchev–Trinajstić information content (AvgIpc) is 2.68. The van der Waals surface area contributed by atoms with Crippen LogP contribution in [0.2, 0.25) is 5.02 Å². The second-order valence-corrected chi connectivity index (χ2v) is 7.49. The predicted molar refractivity (Wildman–Crippen MR) is 114 cm³/mol. The molecule has 0 heterocycles. The van der Waals surface area contributed by atoms with E-state index in [9.17, 15) is 18.0 Å². The van der Waals surface area contributed by atoms with Crippen molar-refractivity contribution in [1.29, 1.82) is 0 Å². The Kier molecular flexibility index (Phi) is 9.00. The van der Waals surface area contributed by atoms with Gasteiger partial charge >= 0.3 is 6.18 Å². The summed E-state index contributed by atoms with van der Waals surface area (Å²) in [7, 11) is 3.85. The van der Waals surface area contributed by atoms with E-state index < -0.39 is 11.7 Å². The first-order valence-electron chi connectivity index (χ1n) is 9.76. The monoisotopic (exact) mass is 458 g/mol. The number of alkyl halides is 3. The van der Waals surface area contributed by atoms with E-state index >= 15 is 0 Å². The zero-order chi connectivity index (χ0) is 23.0. The van der Waals surface area contributed by atoms with E-state index in [1.807, 2.05) is 25.9 Å². The summed E-state index contributed by atoms with van der Waals surface area (Å²) in [5.41, 5.74) is -0.0440. The number of nitrogens with one attached hydrogen (secondary N) is 1. The van der Waals surface area contributed by atoms with Crippen LogP contribution in [0.3, 0.4) is 0 Å². The van der Waals surface area contributed by atoms with Crippen LogP contribution in [0.4, 0.5) is 13.2 Å². The zero-order valence-electron chi connectivity index (χ0n) is 17.7. The third-order valence-electron chi connectivity index (χ3n) is 4.35. The molecular formula is C22H26ClF3N2O3. The maximum absolute atomic E-state index is 13.0. The quantitative estimate of drug-likeness (QED) is 0.567. The van der Waals surface area contributed by atoms with Gasteiger partial charge in [0.15, 0.2) is 0 Å². The van der Waals surface area contributed by atoms with Gasteiger partial charge in [0.05, 0.1) is 23.6 Å². The molecule has 1 amide bonds.